The molecule has 1 saturated heterocycles. The molecule has 1 aliphatic heterocycles. The van der Waals surface area contributed by atoms with Gasteiger partial charge in [0, 0.05) is 24.2 Å². The maximum Gasteiger partial charge on any atom is 0.283 e. The number of rotatable bonds is 3. The monoisotopic (exact) mass is 311 g/mol. The largest absolute Gasteiger partial charge is 0.338 e. The molecule has 2 N–H and O–H groups in total. The first-order valence-electron chi connectivity index (χ1n) is 6.87. The summed E-state index contributed by atoms with van der Waals surface area (Å²) in [6.45, 7) is 3.75. The quantitative estimate of drug-likeness (QED) is 0.685. The van der Waals surface area contributed by atoms with E-state index < -0.39 is 4.92 Å². The molecule has 2 rings (SSSR count). The number of hydrogen-bond donors (Lipinski definition) is 1. The van der Waals surface area contributed by atoms with E-state index in [4.69, 9.17) is 17.3 Å². The van der Waals surface area contributed by atoms with Crippen LogP contribution in [-0.2, 0) is 0 Å². The van der Waals surface area contributed by atoms with Gasteiger partial charge in [0.1, 0.15) is 5.56 Å². The van der Waals surface area contributed by atoms with Crippen LogP contribution in [0.2, 0.25) is 5.02 Å². The summed E-state index contributed by atoms with van der Waals surface area (Å²) in [7, 11) is 0. The van der Waals surface area contributed by atoms with Crippen LogP contribution in [0.15, 0.2) is 18.2 Å². The van der Waals surface area contributed by atoms with Gasteiger partial charge in [0.05, 0.1) is 4.92 Å². The van der Waals surface area contributed by atoms with Crippen molar-refractivity contribution in [3.05, 3.63) is 38.9 Å². The molecule has 0 saturated carbocycles. The van der Waals surface area contributed by atoms with Gasteiger partial charge in [-0.1, -0.05) is 18.5 Å². The number of amides is 1. The van der Waals surface area contributed by atoms with Crippen molar-refractivity contribution < 1.29 is 9.72 Å². The van der Waals surface area contributed by atoms with Crippen molar-refractivity contribution in [2.75, 3.05) is 19.6 Å². The minimum absolute atomic E-state index is 0.0784. The van der Waals surface area contributed by atoms with Crippen LogP contribution >= 0.6 is 11.6 Å². The number of carbonyl (C=O) groups excluding carboxylic acids is 1. The molecule has 1 amide bonds. The van der Waals surface area contributed by atoms with E-state index in [0.717, 1.165) is 6.42 Å². The van der Waals surface area contributed by atoms with Gasteiger partial charge in [-0.15, -0.1) is 0 Å². The maximum atomic E-state index is 12.5. The highest BCUT2D eigenvalue weighted by atomic mass is 35.5. The highest BCUT2D eigenvalue weighted by Crippen LogP contribution is 2.28. The van der Waals surface area contributed by atoms with Gasteiger partial charge in [-0.2, -0.15) is 0 Å². The Balaban J connectivity index is 2.26. The van der Waals surface area contributed by atoms with Gasteiger partial charge in [-0.25, -0.2) is 0 Å². The number of hydrogen-bond acceptors (Lipinski definition) is 4. The highest BCUT2D eigenvalue weighted by Gasteiger charge is 2.31. The Hall–Kier alpha value is -1.66. The summed E-state index contributed by atoms with van der Waals surface area (Å²) in [5.41, 5.74) is 5.55. The first-order chi connectivity index (χ1) is 9.93. The summed E-state index contributed by atoms with van der Waals surface area (Å²) < 4.78 is 0. The Labute approximate surface area is 128 Å². The van der Waals surface area contributed by atoms with Crippen molar-refractivity contribution in [2.24, 2.45) is 17.6 Å². The van der Waals surface area contributed by atoms with Crippen LogP contribution in [0.3, 0.4) is 0 Å². The second kappa shape index (κ2) is 6.41. The average Bonchev–Trinajstić information content (AvgIpc) is 2.47. The van der Waals surface area contributed by atoms with E-state index in [1.807, 2.05) is 0 Å². The molecule has 6 nitrogen and oxygen atoms in total. The lowest BCUT2D eigenvalue weighted by molar-refractivity contribution is -0.385. The molecule has 2 atom stereocenters. The van der Waals surface area contributed by atoms with Crippen molar-refractivity contribution in [1.82, 2.24) is 4.90 Å². The van der Waals surface area contributed by atoms with Gasteiger partial charge >= 0.3 is 0 Å². The van der Waals surface area contributed by atoms with Gasteiger partial charge in [0.25, 0.3) is 11.6 Å². The van der Waals surface area contributed by atoms with Crippen LogP contribution in [0.5, 0.6) is 0 Å². The van der Waals surface area contributed by atoms with Gasteiger partial charge in [-0.3, -0.25) is 14.9 Å². The zero-order valence-corrected chi connectivity index (χ0v) is 12.5. The number of carbonyl (C=O) groups is 1. The van der Waals surface area contributed by atoms with Gasteiger partial charge in [-0.05, 0) is 36.9 Å². The van der Waals surface area contributed by atoms with Crippen molar-refractivity contribution in [1.29, 1.82) is 0 Å². The molecule has 114 valence electrons. The van der Waals surface area contributed by atoms with Crippen molar-refractivity contribution in [2.45, 2.75) is 13.3 Å². The second-order valence-electron chi connectivity index (χ2n) is 5.43. The molecule has 1 aliphatic rings. The van der Waals surface area contributed by atoms with Crippen LogP contribution in [0.1, 0.15) is 23.7 Å². The topological polar surface area (TPSA) is 89.5 Å². The third-order valence-corrected chi connectivity index (χ3v) is 4.33. The molecule has 21 heavy (non-hydrogen) atoms. The number of halogens is 1. The van der Waals surface area contributed by atoms with Crippen LogP contribution in [0.25, 0.3) is 0 Å². The number of piperidine rings is 1. The van der Waals surface area contributed by atoms with E-state index in [0.29, 0.717) is 25.6 Å². The summed E-state index contributed by atoms with van der Waals surface area (Å²) in [5.74, 6) is 0.358. The molecule has 1 aromatic rings. The predicted octanol–water partition coefficient (Wildman–Crippen LogP) is 2.31. The van der Waals surface area contributed by atoms with Gasteiger partial charge in [0.15, 0.2) is 0 Å². The zero-order valence-electron chi connectivity index (χ0n) is 11.8. The molecule has 1 aromatic carbocycles. The van der Waals surface area contributed by atoms with Crippen molar-refractivity contribution >= 4 is 23.2 Å². The normalized spacial score (nSPS) is 22.1. The van der Waals surface area contributed by atoms with Gasteiger partial charge in [0.2, 0.25) is 0 Å². The first kappa shape index (κ1) is 15.7. The molecule has 1 heterocycles. The molecule has 0 spiro atoms. The lowest BCUT2D eigenvalue weighted by atomic mass is 9.87. The molecule has 1 fully saturated rings. The predicted molar refractivity (Wildman–Crippen MR) is 80.3 cm³/mol. The van der Waals surface area contributed by atoms with Crippen LogP contribution < -0.4 is 5.73 Å². The van der Waals surface area contributed by atoms with E-state index in [1.165, 1.54) is 18.2 Å². The fourth-order valence-corrected chi connectivity index (χ4v) is 2.81. The number of nitrogens with zero attached hydrogens (tertiary/aromatic N) is 2. The van der Waals surface area contributed by atoms with Crippen molar-refractivity contribution in [3.8, 4) is 0 Å². The number of benzene rings is 1. The summed E-state index contributed by atoms with van der Waals surface area (Å²) in [6.07, 6.45) is 0.856. The number of nitro benzene ring substituents is 1. The Morgan fingerprint density at radius 3 is 2.90 bits per heavy atom. The Morgan fingerprint density at radius 1 is 1.57 bits per heavy atom. The van der Waals surface area contributed by atoms with E-state index in [1.54, 1.807) is 4.90 Å². The second-order valence-corrected chi connectivity index (χ2v) is 5.87. The first-order valence-corrected chi connectivity index (χ1v) is 7.25. The van der Waals surface area contributed by atoms with Crippen LogP contribution in [0.4, 0.5) is 5.69 Å². The standard InChI is InChI=1S/C14H18ClN3O3/c1-9-4-5-17(8-10(9)7-16)14(19)12-3-2-11(15)6-13(12)18(20)21/h2-3,6,9-10H,4-5,7-8,16H2,1H3. The third-order valence-electron chi connectivity index (χ3n) is 4.09. The van der Waals surface area contributed by atoms with Gasteiger partial charge < -0.3 is 10.6 Å². The Kier molecular flexibility index (Phi) is 4.80. The van der Waals surface area contributed by atoms with E-state index >= 15 is 0 Å². The molecule has 0 radical (unpaired) electrons. The number of nitro groups is 1. The Bertz CT molecular complexity index is 564. The van der Waals surface area contributed by atoms with E-state index in [-0.39, 0.29) is 28.1 Å². The molecule has 2 unspecified atom stereocenters. The molecule has 0 bridgehead atoms. The minimum atomic E-state index is -0.577. The number of likely N-dealkylation sites (tertiary alicyclic amines) is 1. The molecule has 0 aliphatic carbocycles. The average molecular weight is 312 g/mol. The maximum absolute atomic E-state index is 12.5. The minimum Gasteiger partial charge on any atom is -0.338 e. The van der Waals surface area contributed by atoms with Crippen molar-refractivity contribution in [3.63, 3.8) is 0 Å². The highest BCUT2D eigenvalue weighted by molar-refractivity contribution is 6.31. The Morgan fingerprint density at radius 2 is 2.29 bits per heavy atom. The van der Waals surface area contributed by atoms with Crippen LogP contribution in [-0.4, -0.2) is 35.4 Å². The van der Waals surface area contributed by atoms with E-state index in [9.17, 15) is 14.9 Å². The third kappa shape index (κ3) is 3.33. The zero-order chi connectivity index (χ0) is 15.6. The lowest BCUT2D eigenvalue weighted by Crippen LogP contribution is -2.45. The fourth-order valence-electron chi connectivity index (χ4n) is 2.65. The SMILES string of the molecule is CC1CCN(C(=O)c2ccc(Cl)cc2[N+](=O)[O-])CC1CN. The summed E-state index contributed by atoms with van der Waals surface area (Å²) in [6, 6.07) is 4.12. The molecular weight excluding hydrogens is 294 g/mol. The number of nitrogens with two attached hydrogens (primary N) is 1. The van der Waals surface area contributed by atoms with E-state index in [2.05, 4.69) is 6.92 Å². The summed E-state index contributed by atoms with van der Waals surface area (Å²) in [4.78, 5) is 24.7. The molecule has 0 aromatic heterocycles. The smallest absolute Gasteiger partial charge is 0.283 e. The fraction of sp³-hybridized carbons (Fsp3) is 0.500. The van der Waals surface area contributed by atoms with Crippen LogP contribution in [0, 0.1) is 22.0 Å². The summed E-state index contributed by atoms with van der Waals surface area (Å²) >= 11 is 5.77. The summed E-state index contributed by atoms with van der Waals surface area (Å²) in [5, 5.41) is 11.3. The molecule has 7 heteroatoms. The lowest BCUT2D eigenvalue weighted by Gasteiger charge is -2.36. The molecular formula is C14H18ClN3O3.